The molecule has 0 fully saturated rings. The first-order chi connectivity index (χ1) is 7.70. The Morgan fingerprint density at radius 3 is 2.56 bits per heavy atom. The number of imidazole rings is 1. The molecule has 0 radical (unpaired) electrons. The van der Waals surface area contributed by atoms with Crippen molar-refractivity contribution in [3.63, 3.8) is 0 Å². The van der Waals surface area contributed by atoms with Gasteiger partial charge in [0.15, 0.2) is 0 Å². The van der Waals surface area contributed by atoms with Gasteiger partial charge in [0.2, 0.25) is 0 Å². The first-order valence-corrected chi connectivity index (χ1v) is 6.11. The molecule has 16 heavy (non-hydrogen) atoms. The van der Waals surface area contributed by atoms with Crippen molar-refractivity contribution in [1.82, 2.24) is 15.3 Å². The van der Waals surface area contributed by atoms with Crippen LogP contribution in [0.3, 0.4) is 0 Å². The van der Waals surface area contributed by atoms with Crippen molar-refractivity contribution in [2.75, 3.05) is 6.54 Å². The number of hydrogen-bond donors (Lipinski definition) is 3. The van der Waals surface area contributed by atoms with Gasteiger partial charge in [-0.3, -0.25) is 0 Å². The predicted molar refractivity (Wildman–Crippen MR) is 65.1 cm³/mol. The second kappa shape index (κ2) is 6.66. The summed E-state index contributed by atoms with van der Waals surface area (Å²) in [5, 5.41) is 13.6. The van der Waals surface area contributed by atoms with E-state index in [0.29, 0.717) is 13.1 Å². The highest BCUT2D eigenvalue weighted by atomic mass is 16.3. The van der Waals surface area contributed by atoms with Crippen molar-refractivity contribution in [3.8, 4) is 0 Å². The molecular weight excluding hydrogens is 202 g/mol. The minimum absolute atomic E-state index is 0.559. The molecule has 1 heterocycles. The van der Waals surface area contributed by atoms with Crippen LogP contribution in [0.15, 0.2) is 12.4 Å². The summed E-state index contributed by atoms with van der Waals surface area (Å²) in [6.07, 6.45) is 7.28. The van der Waals surface area contributed by atoms with E-state index >= 15 is 0 Å². The monoisotopic (exact) mass is 225 g/mol. The summed E-state index contributed by atoms with van der Waals surface area (Å²) in [5.41, 5.74) is -0.559. The third-order valence-corrected chi connectivity index (χ3v) is 2.73. The lowest BCUT2D eigenvalue weighted by Crippen LogP contribution is -2.40. The van der Waals surface area contributed by atoms with E-state index < -0.39 is 5.60 Å². The highest BCUT2D eigenvalue weighted by molar-refractivity contribution is 4.87. The number of aliphatic hydroxyl groups is 1. The molecule has 0 saturated carbocycles. The van der Waals surface area contributed by atoms with Crippen LogP contribution in [0.5, 0.6) is 0 Å². The summed E-state index contributed by atoms with van der Waals surface area (Å²) < 4.78 is 0. The number of aromatic nitrogens is 2. The number of nitrogens with one attached hydrogen (secondary N) is 2. The quantitative estimate of drug-likeness (QED) is 0.632. The minimum Gasteiger partial charge on any atom is -0.389 e. The lowest BCUT2D eigenvalue weighted by atomic mass is 9.93. The van der Waals surface area contributed by atoms with Crippen LogP contribution >= 0.6 is 0 Å². The van der Waals surface area contributed by atoms with E-state index in [1.54, 1.807) is 12.4 Å². The Morgan fingerprint density at radius 1 is 1.38 bits per heavy atom. The van der Waals surface area contributed by atoms with Crippen LogP contribution < -0.4 is 5.32 Å². The first-order valence-electron chi connectivity index (χ1n) is 6.11. The van der Waals surface area contributed by atoms with Gasteiger partial charge in [0.1, 0.15) is 5.82 Å². The van der Waals surface area contributed by atoms with E-state index in [-0.39, 0.29) is 0 Å². The summed E-state index contributed by atoms with van der Waals surface area (Å²) >= 11 is 0. The molecule has 0 atom stereocenters. The van der Waals surface area contributed by atoms with Crippen molar-refractivity contribution in [2.45, 2.75) is 51.7 Å². The lowest BCUT2D eigenvalue weighted by Gasteiger charge is -2.27. The fourth-order valence-corrected chi connectivity index (χ4v) is 2.04. The van der Waals surface area contributed by atoms with Crippen LogP contribution in [0.25, 0.3) is 0 Å². The predicted octanol–water partition coefficient (Wildman–Crippen LogP) is 1.83. The minimum atomic E-state index is -0.559. The van der Waals surface area contributed by atoms with Gasteiger partial charge in [0, 0.05) is 18.9 Å². The normalized spacial score (nSPS) is 11.9. The van der Waals surface area contributed by atoms with E-state index in [0.717, 1.165) is 31.5 Å². The highest BCUT2D eigenvalue weighted by Gasteiger charge is 2.23. The molecule has 1 rings (SSSR count). The van der Waals surface area contributed by atoms with Gasteiger partial charge in [0.05, 0.1) is 12.1 Å². The third kappa shape index (κ3) is 4.33. The Morgan fingerprint density at radius 2 is 2.06 bits per heavy atom. The summed E-state index contributed by atoms with van der Waals surface area (Å²) in [4.78, 5) is 7.16. The molecular formula is C12H23N3O. The molecule has 0 aliphatic rings. The van der Waals surface area contributed by atoms with Crippen molar-refractivity contribution in [3.05, 3.63) is 18.2 Å². The van der Waals surface area contributed by atoms with Crippen molar-refractivity contribution >= 4 is 0 Å². The molecule has 0 spiro atoms. The first kappa shape index (κ1) is 13.2. The van der Waals surface area contributed by atoms with Gasteiger partial charge in [0.25, 0.3) is 0 Å². The molecule has 4 nitrogen and oxygen atoms in total. The number of hydrogen-bond acceptors (Lipinski definition) is 3. The zero-order chi connectivity index (χ0) is 11.9. The molecule has 0 unspecified atom stereocenters. The molecule has 0 saturated heterocycles. The number of H-pyrrole nitrogens is 1. The van der Waals surface area contributed by atoms with Gasteiger partial charge in [-0.1, -0.05) is 26.7 Å². The van der Waals surface area contributed by atoms with Gasteiger partial charge in [-0.2, -0.15) is 0 Å². The lowest BCUT2D eigenvalue weighted by molar-refractivity contribution is 0.0213. The Hall–Kier alpha value is -0.870. The molecule has 1 aromatic rings. The fraction of sp³-hybridized carbons (Fsp3) is 0.750. The zero-order valence-electron chi connectivity index (χ0n) is 10.3. The average Bonchev–Trinajstić information content (AvgIpc) is 2.71. The number of nitrogens with zero attached hydrogens (tertiary/aromatic N) is 1. The Kier molecular flexibility index (Phi) is 5.49. The molecule has 0 aromatic carbocycles. The largest absolute Gasteiger partial charge is 0.389 e. The van der Waals surface area contributed by atoms with E-state index in [1.165, 1.54) is 0 Å². The third-order valence-electron chi connectivity index (χ3n) is 2.73. The fourth-order valence-electron chi connectivity index (χ4n) is 2.04. The maximum absolute atomic E-state index is 10.3. The van der Waals surface area contributed by atoms with E-state index in [2.05, 4.69) is 29.1 Å². The molecule has 92 valence electrons. The van der Waals surface area contributed by atoms with Gasteiger partial charge < -0.3 is 15.4 Å². The standard InChI is InChI=1S/C12H23N3O/c1-3-5-12(16,6-4-2)10-13-9-11-14-7-8-15-11/h7-8,13,16H,3-6,9-10H2,1-2H3,(H,14,15). The number of aromatic amines is 1. The Bertz CT molecular complexity index is 266. The van der Waals surface area contributed by atoms with Gasteiger partial charge in [-0.25, -0.2) is 4.98 Å². The van der Waals surface area contributed by atoms with E-state index in [4.69, 9.17) is 0 Å². The van der Waals surface area contributed by atoms with Gasteiger partial charge in [-0.15, -0.1) is 0 Å². The summed E-state index contributed by atoms with van der Waals surface area (Å²) in [7, 11) is 0. The molecule has 0 amide bonds. The van der Waals surface area contributed by atoms with Crippen LogP contribution in [0.1, 0.15) is 45.4 Å². The topological polar surface area (TPSA) is 60.9 Å². The van der Waals surface area contributed by atoms with Gasteiger partial charge >= 0.3 is 0 Å². The van der Waals surface area contributed by atoms with E-state index in [1.807, 2.05) is 0 Å². The zero-order valence-corrected chi connectivity index (χ0v) is 10.3. The summed E-state index contributed by atoms with van der Waals surface area (Å²) in [5.74, 6) is 0.912. The molecule has 3 N–H and O–H groups in total. The van der Waals surface area contributed by atoms with Gasteiger partial charge in [-0.05, 0) is 12.8 Å². The van der Waals surface area contributed by atoms with Crippen LogP contribution in [0.4, 0.5) is 0 Å². The number of rotatable bonds is 8. The van der Waals surface area contributed by atoms with Crippen molar-refractivity contribution in [1.29, 1.82) is 0 Å². The second-order valence-corrected chi connectivity index (χ2v) is 4.36. The maximum atomic E-state index is 10.3. The average molecular weight is 225 g/mol. The molecule has 4 heteroatoms. The van der Waals surface area contributed by atoms with Crippen LogP contribution in [-0.4, -0.2) is 27.2 Å². The van der Waals surface area contributed by atoms with Crippen LogP contribution in [0, 0.1) is 0 Å². The molecule has 0 aliphatic heterocycles. The smallest absolute Gasteiger partial charge is 0.120 e. The van der Waals surface area contributed by atoms with Crippen LogP contribution in [-0.2, 0) is 6.54 Å². The molecule has 0 aliphatic carbocycles. The van der Waals surface area contributed by atoms with Crippen molar-refractivity contribution < 1.29 is 5.11 Å². The van der Waals surface area contributed by atoms with Crippen molar-refractivity contribution in [2.24, 2.45) is 0 Å². The second-order valence-electron chi connectivity index (χ2n) is 4.36. The van der Waals surface area contributed by atoms with E-state index in [9.17, 15) is 5.11 Å². The molecule has 0 bridgehead atoms. The highest BCUT2D eigenvalue weighted by Crippen LogP contribution is 2.18. The van der Waals surface area contributed by atoms with Crippen LogP contribution in [0.2, 0.25) is 0 Å². The Labute approximate surface area is 97.5 Å². The summed E-state index contributed by atoms with van der Waals surface area (Å²) in [6, 6.07) is 0. The Balaban J connectivity index is 2.32. The SMILES string of the molecule is CCCC(O)(CCC)CNCc1ncc[nH]1. The summed E-state index contributed by atoms with van der Waals surface area (Å²) in [6.45, 7) is 5.53. The molecule has 1 aromatic heterocycles. The maximum Gasteiger partial charge on any atom is 0.120 e.